The van der Waals surface area contributed by atoms with Gasteiger partial charge in [-0.2, -0.15) is 5.10 Å². The highest BCUT2D eigenvalue weighted by molar-refractivity contribution is 8.00. The summed E-state index contributed by atoms with van der Waals surface area (Å²) in [4.78, 5) is 28.5. The van der Waals surface area contributed by atoms with Crippen LogP contribution in [-0.4, -0.2) is 33.9 Å². The van der Waals surface area contributed by atoms with Crippen LogP contribution in [0.15, 0.2) is 102 Å². The number of hydrogen-bond acceptors (Lipinski definition) is 5. The lowest BCUT2D eigenvalue weighted by Crippen LogP contribution is -2.42. The Morgan fingerprint density at radius 3 is 2.61 bits per heavy atom. The molecule has 0 saturated carbocycles. The number of rotatable bonds is 7. The molecule has 0 saturated heterocycles. The number of amides is 2. The fraction of sp³-hybridized carbons (Fsp3) is 0.156. The Kier molecular flexibility index (Phi) is 7.43. The molecule has 6 rings (SSSR count). The molecule has 1 atom stereocenters. The monoisotopic (exact) mass is 566 g/mol. The Bertz CT molecular complexity index is 1700. The summed E-state index contributed by atoms with van der Waals surface area (Å²) >= 11 is 1.33. The van der Waals surface area contributed by atoms with Crippen LogP contribution >= 0.6 is 11.8 Å². The zero-order chi connectivity index (χ0) is 28.3. The lowest BCUT2D eigenvalue weighted by molar-refractivity contribution is -0.123. The van der Waals surface area contributed by atoms with Crippen molar-refractivity contribution in [3.63, 3.8) is 0 Å². The average molecular weight is 567 g/mol. The summed E-state index contributed by atoms with van der Waals surface area (Å²) in [5, 5.41) is 7.34. The smallest absolute Gasteiger partial charge is 0.240 e. The fourth-order valence-corrected chi connectivity index (χ4v) is 6.22. The van der Waals surface area contributed by atoms with Crippen molar-refractivity contribution in [1.82, 2.24) is 15.1 Å². The maximum absolute atomic E-state index is 15.3. The molecule has 2 aromatic heterocycles. The molecule has 0 spiro atoms. The lowest BCUT2D eigenvalue weighted by atomic mass is 9.99. The van der Waals surface area contributed by atoms with Crippen molar-refractivity contribution in [3.05, 3.63) is 126 Å². The second-order valence-corrected chi connectivity index (χ2v) is 10.8. The Labute approximate surface area is 241 Å². The summed E-state index contributed by atoms with van der Waals surface area (Å²) in [6.45, 7) is 1.94. The first kappa shape index (κ1) is 26.6. The molecule has 1 aliphatic rings. The van der Waals surface area contributed by atoms with Gasteiger partial charge in [0.1, 0.15) is 23.9 Å². The first-order valence-corrected chi connectivity index (χ1v) is 14.3. The van der Waals surface area contributed by atoms with Gasteiger partial charge in [0, 0.05) is 16.7 Å². The molecule has 7 nitrogen and oxygen atoms in total. The average Bonchev–Trinajstić information content (AvgIpc) is 3.62. The molecular weight excluding hydrogens is 539 g/mol. The quantitative estimate of drug-likeness (QED) is 0.259. The minimum absolute atomic E-state index is 0.0567. The normalized spacial score (nSPS) is 14.9. The van der Waals surface area contributed by atoms with E-state index in [1.807, 2.05) is 61.5 Å². The van der Waals surface area contributed by atoms with Gasteiger partial charge < -0.3 is 9.73 Å². The summed E-state index contributed by atoms with van der Waals surface area (Å²) < 4.78 is 22.4. The van der Waals surface area contributed by atoms with E-state index in [0.29, 0.717) is 28.4 Å². The maximum atomic E-state index is 15.3. The van der Waals surface area contributed by atoms with Gasteiger partial charge in [-0.05, 0) is 42.8 Å². The van der Waals surface area contributed by atoms with Crippen molar-refractivity contribution in [2.75, 3.05) is 17.2 Å². The molecule has 1 unspecified atom stereocenters. The van der Waals surface area contributed by atoms with Crippen molar-refractivity contribution in [1.29, 1.82) is 0 Å². The molecule has 3 heterocycles. The highest BCUT2D eigenvalue weighted by atomic mass is 32.2. The number of carbonyl (C=O) groups is 2. The number of nitrogens with zero attached hydrogens (tertiary/aromatic N) is 3. The van der Waals surface area contributed by atoms with Crippen LogP contribution in [0, 0.1) is 12.7 Å². The molecule has 41 heavy (non-hydrogen) atoms. The van der Waals surface area contributed by atoms with Crippen molar-refractivity contribution < 1.29 is 18.4 Å². The first-order valence-electron chi connectivity index (χ1n) is 13.2. The number of thioether (sulfide) groups is 1. The molecule has 5 aromatic rings. The predicted molar refractivity (Wildman–Crippen MR) is 157 cm³/mol. The number of aryl methyl sites for hydroxylation is 1. The van der Waals surface area contributed by atoms with Gasteiger partial charge in [0.2, 0.25) is 11.8 Å². The van der Waals surface area contributed by atoms with Gasteiger partial charge in [-0.1, -0.05) is 60.7 Å². The van der Waals surface area contributed by atoms with Crippen LogP contribution in [0.5, 0.6) is 0 Å². The minimum atomic E-state index is -0.542. The van der Waals surface area contributed by atoms with Crippen molar-refractivity contribution >= 4 is 29.4 Å². The summed E-state index contributed by atoms with van der Waals surface area (Å²) in [7, 11) is 0. The second-order valence-electron chi connectivity index (χ2n) is 9.75. The van der Waals surface area contributed by atoms with Crippen LogP contribution in [0.2, 0.25) is 0 Å². The van der Waals surface area contributed by atoms with Gasteiger partial charge in [0.05, 0.1) is 35.2 Å². The van der Waals surface area contributed by atoms with Crippen LogP contribution in [0.25, 0.3) is 16.9 Å². The molecule has 0 bridgehead atoms. The third-order valence-electron chi connectivity index (χ3n) is 6.91. The zero-order valence-corrected chi connectivity index (χ0v) is 23.1. The van der Waals surface area contributed by atoms with Crippen LogP contribution in [0.3, 0.4) is 0 Å². The molecule has 9 heteroatoms. The number of furan rings is 1. The molecule has 0 aliphatic carbocycles. The second kappa shape index (κ2) is 11.5. The number of fused-ring (bicyclic) bond motifs is 1. The third kappa shape index (κ3) is 5.40. The molecule has 1 N–H and O–H groups in total. The highest BCUT2D eigenvalue weighted by Gasteiger charge is 2.38. The van der Waals surface area contributed by atoms with E-state index in [-0.39, 0.29) is 36.5 Å². The Hall–Kier alpha value is -4.63. The molecular formula is C32H27FN4O3S. The molecule has 3 aromatic carbocycles. The van der Waals surface area contributed by atoms with Crippen molar-refractivity contribution in [3.8, 4) is 16.9 Å². The molecule has 1 aliphatic heterocycles. The third-order valence-corrected chi connectivity index (χ3v) is 8.15. The largest absolute Gasteiger partial charge is 0.467 e. The van der Waals surface area contributed by atoms with E-state index in [0.717, 1.165) is 16.8 Å². The van der Waals surface area contributed by atoms with Crippen LogP contribution in [0.4, 0.5) is 10.2 Å². The van der Waals surface area contributed by atoms with Gasteiger partial charge in [-0.15, -0.1) is 11.8 Å². The molecule has 0 radical (unpaired) electrons. The lowest BCUT2D eigenvalue weighted by Gasteiger charge is -2.23. The Morgan fingerprint density at radius 2 is 1.85 bits per heavy atom. The Morgan fingerprint density at radius 1 is 1.05 bits per heavy atom. The van der Waals surface area contributed by atoms with E-state index in [4.69, 9.17) is 9.52 Å². The summed E-state index contributed by atoms with van der Waals surface area (Å²) in [5.74, 6) is 0.125. The number of anilines is 1. The van der Waals surface area contributed by atoms with E-state index >= 15 is 4.39 Å². The number of halogens is 1. The molecule has 0 fully saturated rings. The first-order chi connectivity index (χ1) is 20.0. The van der Waals surface area contributed by atoms with E-state index in [1.54, 1.807) is 35.0 Å². The van der Waals surface area contributed by atoms with E-state index in [1.165, 1.54) is 29.0 Å². The van der Waals surface area contributed by atoms with Gasteiger partial charge in [-0.3, -0.25) is 14.5 Å². The van der Waals surface area contributed by atoms with Gasteiger partial charge >= 0.3 is 0 Å². The zero-order valence-electron chi connectivity index (χ0n) is 22.3. The van der Waals surface area contributed by atoms with Crippen molar-refractivity contribution in [2.45, 2.75) is 18.7 Å². The number of carbonyl (C=O) groups excluding carboxylic acids is 2. The predicted octanol–water partition coefficient (Wildman–Crippen LogP) is 6.07. The van der Waals surface area contributed by atoms with Gasteiger partial charge in [0.25, 0.3) is 0 Å². The summed E-state index contributed by atoms with van der Waals surface area (Å²) in [6, 6.07) is 27.5. The standard InChI is InChI=1S/C32H27FN4O3S/c1-21-9-7-12-23(17-21)37-32-29(30(35-37)22-10-3-2-4-11-22)31(25-14-5-6-15-26(25)33)41-20-28(39)36(32)19-27(38)34-18-24-13-8-16-40-24/h2-17,31H,18-20H2,1H3,(H,34,38). The van der Waals surface area contributed by atoms with Crippen molar-refractivity contribution in [2.24, 2.45) is 0 Å². The van der Waals surface area contributed by atoms with Crippen LogP contribution < -0.4 is 10.2 Å². The Balaban J connectivity index is 1.55. The highest BCUT2D eigenvalue weighted by Crippen LogP contribution is 2.49. The summed E-state index contributed by atoms with van der Waals surface area (Å²) in [5.41, 5.74) is 4.33. The fourth-order valence-electron chi connectivity index (χ4n) is 5.00. The van der Waals surface area contributed by atoms with Gasteiger partial charge in [0.15, 0.2) is 0 Å². The SMILES string of the molecule is Cc1cccc(-n2nc(-c3ccccc3)c3c2N(CC(=O)NCc2ccco2)C(=O)CSC3c2ccccc2F)c1. The number of benzene rings is 3. The van der Waals surface area contributed by atoms with E-state index in [9.17, 15) is 9.59 Å². The number of aromatic nitrogens is 2. The number of hydrogen-bond donors (Lipinski definition) is 1. The van der Waals surface area contributed by atoms with Crippen LogP contribution in [0.1, 0.15) is 27.7 Å². The number of nitrogens with one attached hydrogen (secondary N) is 1. The van der Waals surface area contributed by atoms with E-state index in [2.05, 4.69) is 5.32 Å². The topological polar surface area (TPSA) is 80.4 Å². The van der Waals surface area contributed by atoms with E-state index < -0.39 is 5.25 Å². The maximum Gasteiger partial charge on any atom is 0.240 e. The molecule has 206 valence electrons. The summed E-state index contributed by atoms with van der Waals surface area (Å²) in [6.07, 6.45) is 1.54. The minimum Gasteiger partial charge on any atom is -0.467 e. The molecule has 2 amide bonds. The van der Waals surface area contributed by atoms with Gasteiger partial charge in [-0.25, -0.2) is 9.07 Å². The van der Waals surface area contributed by atoms with Crippen LogP contribution in [-0.2, 0) is 16.1 Å².